The number of fused-ring (bicyclic) bond motifs is 3. The number of nitrogens with one attached hydrogen (secondary N) is 2. The topological polar surface area (TPSA) is 96.9 Å². The zero-order valence-electron chi connectivity index (χ0n) is 17.1. The quantitative estimate of drug-likeness (QED) is 0.696. The minimum atomic E-state index is -0.782. The Bertz CT molecular complexity index is 751. The molecule has 2 bridgehead atoms. The van der Waals surface area contributed by atoms with Gasteiger partial charge in [0, 0.05) is 5.54 Å². The van der Waals surface area contributed by atoms with Gasteiger partial charge in [-0.1, -0.05) is 0 Å². The van der Waals surface area contributed by atoms with Crippen LogP contribution in [0.15, 0.2) is 24.3 Å². The van der Waals surface area contributed by atoms with Gasteiger partial charge in [-0.3, -0.25) is 4.79 Å². The van der Waals surface area contributed by atoms with Crippen molar-refractivity contribution < 1.29 is 28.6 Å². The Balaban J connectivity index is 1.54. The van der Waals surface area contributed by atoms with Crippen LogP contribution in [0.1, 0.15) is 52.9 Å². The monoisotopic (exact) mass is 408 g/mol. The number of hydrogen-bond donors (Lipinski definition) is 3. The Hall–Kier alpha value is -2.35. The standard InChI is InChI=1S/C21H29FN2O5/c1-19(2,3)29-18(27)24-21-10-8-20(9-11-21,12-16(21)25)23-17(26)13-28-15-6-4-14(22)5-7-15/h4-7,16,25H,8-13H2,1-3H3,(H,23,26)(H,24,27)/t16-,20?,21?/m0/s1. The maximum Gasteiger partial charge on any atom is 0.408 e. The lowest BCUT2D eigenvalue weighted by Crippen LogP contribution is -2.70. The fourth-order valence-corrected chi connectivity index (χ4v) is 4.18. The molecule has 1 aromatic rings. The molecule has 3 aliphatic rings. The van der Waals surface area contributed by atoms with Crippen LogP contribution in [0.2, 0.25) is 0 Å². The lowest BCUT2D eigenvalue weighted by atomic mass is 9.60. The van der Waals surface area contributed by atoms with Crippen LogP contribution in [0.5, 0.6) is 5.75 Å². The van der Waals surface area contributed by atoms with Crippen molar-refractivity contribution in [2.24, 2.45) is 0 Å². The maximum atomic E-state index is 12.9. The summed E-state index contributed by atoms with van der Waals surface area (Å²) in [5, 5.41) is 16.6. The summed E-state index contributed by atoms with van der Waals surface area (Å²) in [4.78, 5) is 24.6. The molecule has 4 rings (SSSR count). The number of amides is 2. The van der Waals surface area contributed by atoms with E-state index in [1.807, 2.05) is 0 Å². The molecular formula is C21H29FN2O5. The van der Waals surface area contributed by atoms with E-state index in [1.54, 1.807) is 20.8 Å². The van der Waals surface area contributed by atoms with E-state index in [4.69, 9.17) is 9.47 Å². The number of aliphatic hydroxyl groups is 1. The summed E-state index contributed by atoms with van der Waals surface area (Å²) in [6.07, 6.45) is 1.41. The molecule has 1 aromatic carbocycles. The smallest absolute Gasteiger partial charge is 0.408 e. The highest BCUT2D eigenvalue weighted by atomic mass is 19.1. The molecule has 0 spiro atoms. The number of halogens is 1. The van der Waals surface area contributed by atoms with Crippen molar-refractivity contribution in [2.75, 3.05) is 6.61 Å². The van der Waals surface area contributed by atoms with Crippen LogP contribution in [-0.4, -0.2) is 46.5 Å². The third-order valence-electron chi connectivity index (χ3n) is 5.66. The highest BCUT2D eigenvalue weighted by Gasteiger charge is 2.55. The molecule has 0 aliphatic heterocycles. The van der Waals surface area contributed by atoms with Crippen molar-refractivity contribution in [1.82, 2.24) is 10.6 Å². The van der Waals surface area contributed by atoms with E-state index in [1.165, 1.54) is 24.3 Å². The van der Waals surface area contributed by atoms with Gasteiger partial charge in [0.25, 0.3) is 5.91 Å². The number of aliphatic hydroxyl groups excluding tert-OH is 1. The van der Waals surface area contributed by atoms with Crippen LogP contribution in [-0.2, 0) is 9.53 Å². The number of carbonyl (C=O) groups is 2. The lowest BCUT2D eigenvalue weighted by molar-refractivity contribution is -0.129. The van der Waals surface area contributed by atoms with E-state index in [-0.39, 0.29) is 18.3 Å². The molecule has 3 N–H and O–H groups in total. The third-order valence-corrected chi connectivity index (χ3v) is 5.66. The Labute approximate surface area is 170 Å². The predicted molar refractivity (Wildman–Crippen MR) is 104 cm³/mol. The zero-order valence-corrected chi connectivity index (χ0v) is 17.1. The molecule has 7 nitrogen and oxygen atoms in total. The van der Waals surface area contributed by atoms with Crippen molar-refractivity contribution in [2.45, 2.75) is 75.7 Å². The Morgan fingerprint density at radius 1 is 1.14 bits per heavy atom. The molecule has 1 atom stereocenters. The van der Waals surface area contributed by atoms with Gasteiger partial charge in [-0.25, -0.2) is 9.18 Å². The molecule has 29 heavy (non-hydrogen) atoms. The number of hydrogen-bond acceptors (Lipinski definition) is 5. The van der Waals surface area contributed by atoms with Crippen LogP contribution in [0, 0.1) is 5.82 Å². The number of ether oxygens (including phenoxy) is 2. The second-order valence-electron chi connectivity index (χ2n) is 9.07. The molecule has 3 fully saturated rings. The van der Waals surface area contributed by atoms with Gasteiger partial charge in [-0.05, 0) is 77.1 Å². The first kappa shape index (κ1) is 21.4. The van der Waals surface area contributed by atoms with Crippen molar-refractivity contribution in [3.63, 3.8) is 0 Å². The van der Waals surface area contributed by atoms with Crippen LogP contribution in [0.3, 0.4) is 0 Å². The molecule has 160 valence electrons. The van der Waals surface area contributed by atoms with Crippen molar-refractivity contribution >= 4 is 12.0 Å². The summed E-state index contributed by atoms with van der Waals surface area (Å²) < 4.78 is 23.7. The first-order chi connectivity index (χ1) is 13.5. The minimum absolute atomic E-state index is 0.190. The summed E-state index contributed by atoms with van der Waals surface area (Å²) >= 11 is 0. The van der Waals surface area contributed by atoms with Gasteiger partial charge >= 0.3 is 6.09 Å². The van der Waals surface area contributed by atoms with Gasteiger partial charge in [0.1, 0.15) is 17.2 Å². The second kappa shape index (κ2) is 7.82. The molecule has 0 saturated heterocycles. The van der Waals surface area contributed by atoms with E-state index in [9.17, 15) is 19.1 Å². The Kier molecular flexibility index (Phi) is 5.76. The first-order valence-corrected chi connectivity index (χ1v) is 9.90. The summed E-state index contributed by atoms with van der Waals surface area (Å²) in [7, 11) is 0. The summed E-state index contributed by atoms with van der Waals surface area (Å²) in [6.45, 7) is 5.18. The molecular weight excluding hydrogens is 379 g/mol. The lowest BCUT2D eigenvalue weighted by Gasteiger charge is -2.56. The van der Waals surface area contributed by atoms with Crippen LogP contribution >= 0.6 is 0 Å². The largest absolute Gasteiger partial charge is 0.484 e. The van der Waals surface area contributed by atoms with Crippen LogP contribution < -0.4 is 15.4 Å². The fourth-order valence-electron chi connectivity index (χ4n) is 4.18. The summed E-state index contributed by atoms with van der Waals surface area (Å²) in [6, 6.07) is 5.45. The van der Waals surface area contributed by atoms with Crippen LogP contribution in [0.25, 0.3) is 0 Å². The van der Waals surface area contributed by atoms with E-state index in [0.29, 0.717) is 37.9 Å². The molecule has 0 heterocycles. The van der Waals surface area contributed by atoms with E-state index in [2.05, 4.69) is 10.6 Å². The van der Waals surface area contributed by atoms with Gasteiger partial charge < -0.3 is 25.2 Å². The molecule has 2 amide bonds. The molecule has 0 unspecified atom stereocenters. The average molecular weight is 408 g/mol. The average Bonchev–Trinajstić information content (AvgIpc) is 2.61. The molecule has 0 aromatic heterocycles. The zero-order chi connectivity index (χ0) is 21.3. The van der Waals surface area contributed by atoms with Gasteiger partial charge in [0.2, 0.25) is 0 Å². The van der Waals surface area contributed by atoms with Gasteiger partial charge in [-0.2, -0.15) is 0 Å². The highest BCUT2D eigenvalue weighted by molar-refractivity contribution is 5.78. The predicted octanol–water partition coefficient (Wildman–Crippen LogP) is 2.66. The van der Waals surface area contributed by atoms with Gasteiger partial charge in [-0.15, -0.1) is 0 Å². The number of carbonyl (C=O) groups excluding carboxylic acids is 2. The van der Waals surface area contributed by atoms with E-state index < -0.39 is 28.9 Å². The Morgan fingerprint density at radius 2 is 1.76 bits per heavy atom. The molecule has 3 aliphatic carbocycles. The summed E-state index contributed by atoms with van der Waals surface area (Å²) in [5.74, 6) is -0.259. The number of alkyl carbamates (subject to hydrolysis) is 1. The van der Waals surface area contributed by atoms with Crippen molar-refractivity contribution in [3.05, 3.63) is 30.1 Å². The number of benzene rings is 1. The van der Waals surface area contributed by atoms with E-state index in [0.717, 1.165) is 0 Å². The molecule has 8 heteroatoms. The minimum Gasteiger partial charge on any atom is -0.484 e. The maximum absolute atomic E-state index is 12.9. The SMILES string of the molecule is CC(C)(C)OC(=O)NC12CCC(NC(=O)COc3ccc(F)cc3)(CC1)C[C@@H]2O. The molecule has 0 radical (unpaired) electrons. The summed E-state index contributed by atoms with van der Waals surface area (Å²) in [5.41, 5.74) is -1.85. The third kappa shape index (κ3) is 5.18. The first-order valence-electron chi connectivity index (χ1n) is 9.90. The second-order valence-corrected chi connectivity index (χ2v) is 9.07. The normalized spacial score (nSPS) is 28.5. The fraction of sp³-hybridized carbons (Fsp3) is 0.619. The highest BCUT2D eigenvalue weighted by Crippen LogP contribution is 2.47. The Morgan fingerprint density at radius 3 is 2.31 bits per heavy atom. The van der Waals surface area contributed by atoms with Crippen LogP contribution in [0.4, 0.5) is 9.18 Å². The van der Waals surface area contributed by atoms with E-state index >= 15 is 0 Å². The van der Waals surface area contributed by atoms with Crippen molar-refractivity contribution in [3.8, 4) is 5.75 Å². The van der Waals surface area contributed by atoms with Gasteiger partial charge in [0.05, 0.1) is 11.6 Å². The van der Waals surface area contributed by atoms with Crippen molar-refractivity contribution in [1.29, 1.82) is 0 Å². The van der Waals surface area contributed by atoms with Gasteiger partial charge in [0.15, 0.2) is 6.61 Å². The molecule has 3 saturated carbocycles. The number of rotatable bonds is 5.